The number of carbonyl (C=O) groups excluding carboxylic acids is 1. The third-order valence-electron chi connectivity index (χ3n) is 3.53. The Balaban J connectivity index is 1.70. The number of aryl methyl sites for hydroxylation is 2. The third-order valence-corrected chi connectivity index (χ3v) is 3.76. The first-order chi connectivity index (χ1) is 11.0. The third kappa shape index (κ3) is 3.46. The van der Waals surface area contributed by atoms with E-state index in [2.05, 4.69) is 5.32 Å². The highest BCUT2D eigenvalue weighted by atomic mass is 35.5. The van der Waals surface area contributed by atoms with Gasteiger partial charge >= 0.3 is 5.76 Å². The molecule has 0 radical (unpaired) electrons. The fourth-order valence-electron chi connectivity index (χ4n) is 2.33. The molecule has 1 heterocycles. The molecule has 2 aromatic carbocycles. The second-order valence-electron chi connectivity index (χ2n) is 5.30. The Kier molecular flexibility index (Phi) is 4.21. The second-order valence-corrected chi connectivity index (χ2v) is 5.73. The number of nitrogens with one attached hydrogen (secondary N) is 1. The number of oxazole rings is 1. The van der Waals surface area contributed by atoms with Gasteiger partial charge in [0.15, 0.2) is 5.58 Å². The maximum absolute atomic E-state index is 12.0. The summed E-state index contributed by atoms with van der Waals surface area (Å²) in [4.78, 5) is 23.9. The lowest BCUT2D eigenvalue weighted by molar-refractivity contribution is -0.116. The average Bonchev–Trinajstić information content (AvgIpc) is 2.82. The van der Waals surface area contributed by atoms with E-state index in [9.17, 15) is 9.59 Å². The topological polar surface area (TPSA) is 64.2 Å². The molecule has 0 spiro atoms. The lowest BCUT2D eigenvalue weighted by atomic mass is 10.2. The molecule has 3 rings (SSSR count). The van der Waals surface area contributed by atoms with E-state index >= 15 is 0 Å². The van der Waals surface area contributed by atoms with E-state index in [0.717, 1.165) is 11.3 Å². The van der Waals surface area contributed by atoms with Crippen molar-refractivity contribution in [3.63, 3.8) is 0 Å². The fraction of sp³-hybridized carbons (Fsp3) is 0.176. The van der Waals surface area contributed by atoms with Gasteiger partial charge in [0, 0.05) is 29.7 Å². The SMILES string of the molecule is Cc1ccc(NC(=O)CCn2c(=O)oc3cc(Cl)ccc32)cc1. The van der Waals surface area contributed by atoms with Crippen LogP contribution in [0.2, 0.25) is 5.02 Å². The van der Waals surface area contributed by atoms with E-state index in [0.29, 0.717) is 16.1 Å². The normalized spacial score (nSPS) is 10.9. The maximum atomic E-state index is 12.0. The molecule has 23 heavy (non-hydrogen) atoms. The van der Waals surface area contributed by atoms with E-state index in [4.69, 9.17) is 16.0 Å². The van der Waals surface area contributed by atoms with E-state index in [1.54, 1.807) is 18.2 Å². The highest BCUT2D eigenvalue weighted by Gasteiger charge is 2.11. The van der Waals surface area contributed by atoms with Crippen molar-refractivity contribution < 1.29 is 9.21 Å². The lowest BCUT2D eigenvalue weighted by Gasteiger charge is -2.06. The maximum Gasteiger partial charge on any atom is 0.419 e. The van der Waals surface area contributed by atoms with Crippen molar-refractivity contribution in [1.29, 1.82) is 0 Å². The van der Waals surface area contributed by atoms with Crippen molar-refractivity contribution in [2.45, 2.75) is 19.9 Å². The first kappa shape index (κ1) is 15.4. The number of amides is 1. The van der Waals surface area contributed by atoms with Gasteiger partial charge in [-0.1, -0.05) is 29.3 Å². The zero-order valence-electron chi connectivity index (χ0n) is 12.5. The van der Waals surface area contributed by atoms with Crippen molar-refractivity contribution in [2.24, 2.45) is 0 Å². The van der Waals surface area contributed by atoms with Crippen molar-refractivity contribution in [3.05, 3.63) is 63.6 Å². The summed E-state index contributed by atoms with van der Waals surface area (Å²) in [6.07, 6.45) is 0.172. The van der Waals surface area contributed by atoms with Crippen molar-refractivity contribution in [2.75, 3.05) is 5.32 Å². The molecule has 1 N–H and O–H groups in total. The molecule has 0 aliphatic carbocycles. The van der Waals surface area contributed by atoms with Gasteiger partial charge in [0.05, 0.1) is 5.52 Å². The predicted molar refractivity (Wildman–Crippen MR) is 89.9 cm³/mol. The van der Waals surface area contributed by atoms with Crippen LogP contribution >= 0.6 is 11.6 Å². The zero-order chi connectivity index (χ0) is 16.4. The Hall–Kier alpha value is -2.53. The summed E-state index contributed by atoms with van der Waals surface area (Å²) < 4.78 is 6.57. The molecule has 0 fully saturated rings. The summed E-state index contributed by atoms with van der Waals surface area (Å²) in [6, 6.07) is 12.5. The molecule has 5 nitrogen and oxygen atoms in total. The molecule has 0 atom stereocenters. The number of nitrogens with zero attached hydrogens (tertiary/aromatic N) is 1. The van der Waals surface area contributed by atoms with Gasteiger partial charge < -0.3 is 9.73 Å². The van der Waals surface area contributed by atoms with Crippen molar-refractivity contribution >= 4 is 34.3 Å². The largest absolute Gasteiger partial charge is 0.419 e. The van der Waals surface area contributed by atoms with Gasteiger partial charge in [0.1, 0.15) is 0 Å². The van der Waals surface area contributed by atoms with Crippen LogP contribution in [0.3, 0.4) is 0 Å². The minimum atomic E-state index is -0.495. The van der Waals surface area contributed by atoms with Crippen LogP contribution in [0, 0.1) is 6.92 Å². The molecule has 0 aliphatic rings. The molecule has 3 aromatic rings. The number of anilines is 1. The Morgan fingerprint density at radius 1 is 1.22 bits per heavy atom. The van der Waals surface area contributed by atoms with Crippen LogP contribution in [0.25, 0.3) is 11.1 Å². The molecule has 0 bridgehead atoms. The van der Waals surface area contributed by atoms with E-state index in [1.165, 1.54) is 4.57 Å². The predicted octanol–water partition coefficient (Wildman–Crippen LogP) is 3.59. The molecule has 6 heteroatoms. The van der Waals surface area contributed by atoms with Crippen LogP contribution in [0.4, 0.5) is 5.69 Å². The first-order valence-electron chi connectivity index (χ1n) is 7.18. The Morgan fingerprint density at radius 2 is 1.96 bits per heavy atom. The van der Waals surface area contributed by atoms with Gasteiger partial charge in [0.2, 0.25) is 5.91 Å². The molecule has 0 saturated heterocycles. The molecule has 0 unspecified atom stereocenters. The van der Waals surface area contributed by atoms with Crippen molar-refractivity contribution in [3.8, 4) is 0 Å². The Bertz CT molecular complexity index is 910. The van der Waals surface area contributed by atoms with Gasteiger partial charge in [-0.05, 0) is 31.2 Å². The van der Waals surface area contributed by atoms with E-state index in [-0.39, 0.29) is 18.9 Å². The molecule has 1 aromatic heterocycles. The number of fused-ring (bicyclic) bond motifs is 1. The molecule has 0 aliphatic heterocycles. The highest BCUT2D eigenvalue weighted by molar-refractivity contribution is 6.31. The number of carbonyl (C=O) groups is 1. The standard InChI is InChI=1S/C17H15ClN2O3/c1-11-2-5-13(6-3-11)19-16(21)8-9-20-14-7-4-12(18)10-15(14)23-17(20)22/h2-7,10H,8-9H2,1H3,(H,19,21). The van der Waals surface area contributed by atoms with Crippen LogP contribution in [0.1, 0.15) is 12.0 Å². The summed E-state index contributed by atoms with van der Waals surface area (Å²) in [7, 11) is 0. The lowest BCUT2D eigenvalue weighted by Crippen LogP contribution is -2.19. The molecular formula is C17H15ClN2O3. The van der Waals surface area contributed by atoms with E-state index in [1.807, 2.05) is 31.2 Å². The van der Waals surface area contributed by atoms with Gasteiger partial charge in [0.25, 0.3) is 0 Å². The highest BCUT2D eigenvalue weighted by Crippen LogP contribution is 2.18. The summed E-state index contributed by atoms with van der Waals surface area (Å²) >= 11 is 5.87. The number of benzene rings is 2. The minimum Gasteiger partial charge on any atom is -0.408 e. The van der Waals surface area contributed by atoms with Gasteiger partial charge in [-0.2, -0.15) is 0 Å². The molecule has 0 saturated carbocycles. The fourth-order valence-corrected chi connectivity index (χ4v) is 2.49. The number of hydrogen-bond acceptors (Lipinski definition) is 3. The van der Waals surface area contributed by atoms with Crippen LogP contribution in [-0.2, 0) is 11.3 Å². The summed E-state index contributed by atoms with van der Waals surface area (Å²) in [5, 5.41) is 3.30. The smallest absolute Gasteiger partial charge is 0.408 e. The minimum absolute atomic E-state index is 0.163. The van der Waals surface area contributed by atoms with E-state index < -0.39 is 5.76 Å². The summed E-state index contributed by atoms with van der Waals surface area (Å²) in [6.45, 7) is 2.22. The number of aromatic nitrogens is 1. The monoisotopic (exact) mass is 330 g/mol. The molecule has 118 valence electrons. The van der Waals surface area contributed by atoms with Crippen LogP contribution in [0.5, 0.6) is 0 Å². The van der Waals surface area contributed by atoms with Crippen LogP contribution in [0.15, 0.2) is 51.7 Å². The number of halogens is 1. The quantitative estimate of drug-likeness (QED) is 0.795. The van der Waals surface area contributed by atoms with Gasteiger partial charge in [-0.3, -0.25) is 9.36 Å². The van der Waals surface area contributed by atoms with Gasteiger partial charge in [-0.15, -0.1) is 0 Å². The second kappa shape index (κ2) is 6.30. The first-order valence-corrected chi connectivity index (χ1v) is 7.56. The Morgan fingerprint density at radius 3 is 2.70 bits per heavy atom. The number of hydrogen-bond donors (Lipinski definition) is 1. The number of rotatable bonds is 4. The van der Waals surface area contributed by atoms with Crippen LogP contribution in [-0.4, -0.2) is 10.5 Å². The molecule has 1 amide bonds. The van der Waals surface area contributed by atoms with Crippen molar-refractivity contribution in [1.82, 2.24) is 4.57 Å². The summed E-state index contributed by atoms with van der Waals surface area (Å²) in [5.74, 6) is -0.658. The summed E-state index contributed by atoms with van der Waals surface area (Å²) in [5.41, 5.74) is 2.90. The van der Waals surface area contributed by atoms with Gasteiger partial charge in [-0.25, -0.2) is 4.79 Å². The average molecular weight is 331 g/mol. The van der Waals surface area contributed by atoms with Crippen LogP contribution < -0.4 is 11.1 Å². The zero-order valence-corrected chi connectivity index (χ0v) is 13.3. The molecular weight excluding hydrogens is 316 g/mol. The Labute approximate surface area is 137 Å².